The minimum atomic E-state index is 0.0799. The number of carbonyl (C=O) groups excluding carboxylic acids is 2. The van der Waals surface area contributed by atoms with Crippen LogP contribution in [0.4, 0.5) is 0 Å². The van der Waals surface area contributed by atoms with Gasteiger partial charge < -0.3 is 15.5 Å². The number of hydrogen-bond acceptors (Lipinski definition) is 3. The maximum Gasteiger partial charge on any atom is 0.225 e. The molecule has 0 aromatic heterocycles. The van der Waals surface area contributed by atoms with Crippen molar-refractivity contribution in [1.82, 2.24) is 15.5 Å². The summed E-state index contributed by atoms with van der Waals surface area (Å²) in [5.74, 6) is 0.635. The molecule has 1 heterocycles. The SMILES string of the molecule is CNCCC(=O)NC1CCN(C(=O)C2CCCCC2)C1. The van der Waals surface area contributed by atoms with E-state index in [-0.39, 0.29) is 17.9 Å². The van der Waals surface area contributed by atoms with E-state index >= 15 is 0 Å². The summed E-state index contributed by atoms with van der Waals surface area (Å²) in [5, 5.41) is 6.00. The molecule has 1 aliphatic carbocycles. The Hall–Kier alpha value is -1.10. The van der Waals surface area contributed by atoms with Crippen molar-refractivity contribution in [3.05, 3.63) is 0 Å². The number of nitrogens with one attached hydrogen (secondary N) is 2. The Balaban J connectivity index is 1.73. The molecular weight excluding hydrogens is 254 g/mol. The Labute approximate surface area is 121 Å². The molecule has 1 aliphatic heterocycles. The third-order valence-corrected chi connectivity index (χ3v) is 4.42. The second kappa shape index (κ2) is 7.62. The first-order chi connectivity index (χ1) is 9.70. The summed E-state index contributed by atoms with van der Waals surface area (Å²) in [5.41, 5.74) is 0. The lowest BCUT2D eigenvalue weighted by Crippen LogP contribution is -2.41. The van der Waals surface area contributed by atoms with Crippen molar-refractivity contribution in [2.45, 2.75) is 51.0 Å². The van der Waals surface area contributed by atoms with Crippen LogP contribution >= 0.6 is 0 Å². The van der Waals surface area contributed by atoms with E-state index in [1.165, 1.54) is 19.3 Å². The topological polar surface area (TPSA) is 61.4 Å². The van der Waals surface area contributed by atoms with E-state index in [4.69, 9.17) is 0 Å². The van der Waals surface area contributed by atoms with Crippen molar-refractivity contribution < 1.29 is 9.59 Å². The van der Waals surface area contributed by atoms with Crippen LogP contribution in [-0.4, -0.2) is 49.4 Å². The molecule has 0 aromatic carbocycles. The summed E-state index contributed by atoms with van der Waals surface area (Å²) in [6.07, 6.45) is 7.15. The average molecular weight is 281 g/mol. The van der Waals surface area contributed by atoms with E-state index < -0.39 is 0 Å². The van der Waals surface area contributed by atoms with Gasteiger partial charge >= 0.3 is 0 Å². The van der Waals surface area contributed by atoms with E-state index in [1.54, 1.807) is 0 Å². The lowest BCUT2D eigenvalue weighted by molar-refractivity contribution is -0.135. The summed E-state index contributed by atoms with van der Waals surface area (Å²) in [6, 6.07) is 0.145. The van der Waals surface area contributed by atoms with Gasteiger partial charge in [0.05, 0.1) is 0 Å². The Bertz CT molecular complexity index is 340. The summed E-state index contributed by atoms with van der Waals surface area (Å²) >= 11 is 0. The number of carbonyl (C=O) groups is 2. The van der Waals surface area contributed by atoms with Gasteiger partial charge in [-0.05, 0) is 26.3 Å². The van der Waals surface area contributed by atoms with E-state index in [0.717, 1.165) is 25.8 Å². The van der Waals surface area contributed by atoms with E-state index in [9.17, 15) is 9.59 Å². The average Bonchev–Trinajstić information content (AvgIpc) is 2.93. The normalized spacial score (nSPS) is 23.9. The fourth-order valence-corrected chi connectivity index (χ4v) is 3.22. The standard InChI is InChI=1S/C15H27N3O2/c1-16-9-7-14(19)17-13-8-10-18(11-13)15(20)12-5-3-2-4-6-12/h12-13,16H,2-11H2,1H3,(H,17,19). The molecule has 20 heavy (non-hydrogen) atoms. The van der Waals surface area contributed by atoms with Crippen LogP contribution in [0, 0.1) is 5.92 Å². The molecule has 2 amide bonds. The fraction of sp³-hybridized carbons (Fsp3) is 0.867. The molecule has 5 nitrogen and oxygen atoms in total. The zero-order chi connectivity index (χ0) is 14.4. The second-order valence-electron chi connectivity index (χ2n) is 6.03. The van der Waals surface area contributed by atoms with Gasteiger partial charge in [-0.1, -0.05) is 19.3 Å². The van der Waals surface area contributed by atoms with Crippen molar-refractivity contribution >= 4 is 11.8 Å². The van der Waals surface area contributed by atoms with Crippen molar-refractivity contribution in [2.24, 2.45) is 5.92 Å². The van der Waals surface area contributed by atoms with Gasteiger partial charge in [-0.3, -0.25) is 9.59 Å². The van der Waals surface area contributed by atoms with Crippen LogP contribution in [-0.2, 0) is 9.59 Å². The quantitative estimate of drug-likeness (QED) is 0.787. The summed E-state index contributed by atoms with van der Waals surface area (Å²) in [7, 11) is 1.84. The van der Waals surface area contributed by atoms with Crippen LogP contribution in [0.15, 0.2) is 0 Å². The fourth-order valence-electron chi connectivity index (χ4n) is 3.22. The molecule has 2 fully saturated rings. The number of nitrogens with zero attached hydrogens (tertiary/aromatic N) is 1. The van der Waals surface area contributed by atoms with Crippen molar-refractivity contribution in [3.8, 4) is 0 Å². The third-order valence-electron chi connectivity index (χ3n) is 4.42. The maximum atomic E-state index is 12.4. The molecule has 1 saturated carbocycles. The lowest BCUT2D eigenvalue weighted by atomic mass is 9.88. The Morgan fingerprint density at radius 2 is 1.90 bits per heavy atom. The number of rotatable bonds is 5. The monoisotopic (exact) mass is 281 g/mol. The minimum Gasteiger partial charge on any atom is -0.351 e. The number of likely N-dealkylation sites (tertiary alicyclic amines) is 1. The summed E-state index contributed by atoms with van der Waals surface area (Å²) in [6.45, 7) is 2.19. The van der Waals surface area contributed by atoms with E-state index in [2.05, 4.69) is 10.6 Å². The molecule has 2 aliphatic rings. The van der Waals surface area contributed by atoms with Crippen molar-refractivity contribution in [3.63, 3.8) is 0 Å². The summed E-state index contributed by atoms with van der Waals surface area (Å²) < 4.78 is 0. The van der Waals surface area contributed by atoms with Gasteiger partial charge in [-0.25, -0.2) is 0 Å². The third kappa shape index (κ3) is 4.20. The molecule has 1 saturated heterocycles. The largest absolute Gasteiger partial charge is 0.351 e. The highest BCUT2D eigenvalue weighted by molar-refractivity contribution is 5.80. The van der Waals surface area contributed by atoms with Gasteiger partial charge in [0.2, 0.25) is 11.8 Å². The first-order valence-corrected chi connectivity index (χ1v) is 7.93. The van der Waals surface area contributed by atoms with Crippen LogP contribution in [0.5, 0.6) is 0 Å². The van der Waals surface area contributed by atoms with E-state index in [1.807, 2.05) is 11.9 Å². The maximum absolute atomic E-state index is 12.4. The zero-order valence-electron chi connectivity index (χ0n) is 12.5. The highest BCUT2D eigenvalue weighted by atomic mass is 16.2. The molecule has 0 aromatic rings. The van der Waals surface area contributed by atoms with Gasteiger partial charge in [0.1, 0.15) is 0 Å². The van der Waals surface area contributed by atoms with E-state index in [0.29, 0.717) is 25.4 Å². The Morgan fingerprint density at radius 3 is 2.60 bits per heavy atom. The van der Waals surface area contributed by atoms with Crippen LogP contribution in [0.3, 0.4) is 0 Å². The highest BCUT2D eigenvalue weighted by Crippen LogP contribution is 2.26. The lowest BCUT2D eigenvalue weighted by Gasteiger charge is -2.26. The molecule has 2 rings (SSSR count). The first kappa shape index (κ1) is 15.3. The molecular formula is C15H27N3O2. The molecule has 2 N–H and O–H groups in total. The first-order valence-electron chi connectivity index (χ1n) is 7.93. The second-order valence-corrected chi connectivity index (χ2v) is 6.03. The molecule has 1 atom stereocenters. The number of hydrogen-bond donors (Lipinski definition) is 2. The Morgan fingerprint density at radius 1 is 1.15 bits per heavy atom. The van der Waals surface area contributed by atoms with Crippen LogP contribution in [0.1, 0.15) is 44.9 Å². The van der Waals surface area contributed by atoms with Crippen molar-refractivity contribution in [2.75, 3.05) is 26.7 Å². The van der Waals surface area contributed by atoms with Gasteiger partial charge in [0.15, 0.2) is 0 Å². The summed E-state index contributed by atoms with van der Waals surface area (Å²) in [4.78, 5) is 26.0. The van der Waals surface area contributed by atoms with Crippen LogP contribution in [0.25, 0.3) is 0 Å². The van der Waals surface area contributed by atoms with Gasteiger partial charge in [-0.2, -0.15) is 0 Å². The smallest absolute Gasteiger partial charge is 0.225 e. The molecule has 0 spiro atoms. The minimum absolute atomic E-state index is 0.0799. The molecule has 114 valence electrons. The molecule has 0 bridgehead atoms. The predicted octanol–water partition coefficient (Wildman–Crippen LogP) is 0.893. The van der Waals surface area contributed by atoms with Gasteiger partial charge in [0.25, 0.3) is 0 Å². The number of amides is 2. The van der Waals surface area contributed by atoms with Gasteiger partial charge in [0, 0.05) is 38.0 Å². The predicted molar refractivity (Wildman–Crippen MR) is 78.2 cm³/mol. The molecule has 1 unspecified atom stereocenters. The zero-order valence-corrected chi connectivity index (χ0v) is 12.5. The van der Waals surface area contributed by atoms with Crippen molar-refractivity contribution in [1.29, 1.82) is 0 Å². The van der Waals surface area contributed by atoms with Gasteiger partial charge in [-0.15, -0.1) is 0 Å². The van der Waals surface area contributed by atoms with Crippen LogP contribution < -0.4 is 10.6 Å². The highest BCUT2D eigenvalue weighted by Gasteiger charge is 2.31. The Kier molecular flexibility index (Phi) is 5.83. The van der Waals surface area contributed by atoms with Crippen LogP contribution in [0.2, 0.25) is 0 Å². The molecule has 0 radical (unpaired) electrons. The molecule has 5 heteroatoms.